The van der Waals surface area contributed by atoms with Gasteiger partial charge in [-0.05, 0) is 75.6 Å². The van der Waals surface area contributed by atoms with E-state index >= 15 is 0 Å². The molecule has 4 aromatic rings. The zero-order valence-electron chi connectivity index (χ0n) is 26.5. The molecule has 4 heterocycles. The van der Waals surface area contributed by atoms with Crippen LogP contribution in [-0.4, -0.2) is 63.0 Å². The molecule has 1 fully saturated rings. The summed E-state index contributed by atoms with van der Waals surface area (Å²) >= 11 is 0. The number of fused-ring (bicyclic) bond motifs is 8. The summed E-state index contributed by atoms with van der Waals surface area (Å²) in [5.74, 6) is 0.923. The number of nitrogens with zero attached hydrogens (tertiary/aromatic N) is 3. The van der Waals surface area contributed by atoms with E-state index in [0.29, 0.717) is 46.4 Å². The van der Waals surface area contributed by atoms with Crippen LogP contribution in [0.5, 0.6) is 23.0 Å². The maximum Gasteiger partial charge on any atom is 0.253 e. The summed E-state index contributed by atoms with van der Waals surface area (Å²) in [4.78, 5) is 46.7. The van der Waals surface area contributed by atoms with Crippen LogP contribution < -0.4 is 20.1 Å². The van der Waals surface area contributed by atoms with Gasteiger partial charge in [-0.2, -0.15) is 0 Å². The molecule has 2 aromatic heterocycles. The molecule has 2 aromatic carbocycles. The number of hydrogen-bond acceptors (Lipinski definition) is 8. The lowest BCUT2D eigenvalue weighted by molar-refractivity contribution is -0.138. The Morgan fingerprint density at radius 3 is 2.63 bits per heavy atom. The number of phenols is 1. The lowest BCUT2D eigenvalue weighted by Gasteiger charge is -2.24. The van der Waals surface area contributed by atoms with Crippen molar-refractivity contribution in [3.8, 4) is 34.5 Å². The Kier molecular flexibility index (Phi) is 8.20. The van der Waals surface area contributed by atoms with Gasteiger partial charge < -0.3 is 39.1 Å². The van der Waals surface area contributed by atoms with Crippen LogP contribution in [0.1, 0.15) is 51.6 Å². The molecule has 0 saturated carbocycles. The van der Waals surface area contributed by atoms with Crippen molar-refractivity contribution in [1.29, 1.82) is 0 Å². The quantitative estimate of drug-likeness (QED) is 0.308. The third-order valence-corrected chi connectivity index (χ3v) is 8.88. The second-order valence-corrected chi connectivity index (χ2v) is 11.8. The summed E-state index contributed by atoms with van der Waals surface area (Å²) in [6.45, 7) is 5.85. The molecule has 2 aliphatic heterocycles. The van der Waals surface area contributed by atoms with Crippen molar-refractivity contribution in [3.63, 3.8) is 0 Å². The first-order valence-corrected chi connectivity index (χ1v) is 15.2. The van der Waals surface area contributed by atoms with Crippen molar-refractivity contribution in [3.05, 3.63) is 76.4 Å². The van der Waals surface area contributed by atoms with E-state index in [1.165, 1.54) is 13.2 Å². The number of amides is 3. The number of oxazole rings is 1. The first-order chi connectivity index (χ1) is 22.0. The average molecular weight is 628 g/mol. The van der Waals surface area contributed by atoms with Gasteiger partial charge in [0.25, 0.3) is 5.91 Å². The van der Waals surface area contributed by atoms with Gasteiger partial charge >= 0.3 is 0 Å². The summed E-state index contributed by atoms with van der Waals surface area (Å²) in [5, 5.41) is 16.6. The third-order valence-electron chi connectivity index (χ3n) is 8.88. The molecular weight excluding hydrogens is 590 g/mol. The van der Waals surface area contributed by atoms with Crippen molar-refractivity contribution >= 4 is 17.7 Å². The minimum absolute atomic E-state index is 0.0788. The number of aryl methyl sites for hydroxylation is 3. The molecule has 12 heteroatoms. The van der Waals surface area contributed by atoms with E-state index in [4.69, 9.17) is 13.9 Å². The minimum atomic E-state index is -0.787. The number of aromatic hydroxyl groups is 1. The Bertz CT molecular complexity index is 1840. The Labute approximate surface area is 266 Å². The molecule has 2 atom stereocenters. The highest BCUT2D eigenvalue weighted by atomic mass is 16.5. The average Bonchev–Trinajstić information content (AvgIpc) is 3.71. The van der Waals surface area contributed by atoms with Gasteiger partial charge in [-0.1, -0.05) is 6.07 Å². The fourth-order valence-electron chi connectivity index (χ4n) is 6.02. The zero-order valence-corrected chi connectivity index (χ0v) is 26.5. The maximum absolute atomic E-state index is 13.7. The van der Waals surface area contributed by atoms with Crippen molar-refractivity contribution in [2.75, 3.05) is 13.7 Å². The molecule has 46 heavy (non-hydrogen) atoms. The van der Waals surface area contributed by atoms with Crippen LogP contribution in [0.25, 0.3) is 11.5 Å². The number of methoxy groups -OCH3 is 1. The number of ether oxygens (including phenoxy) is 2. The van der Waals surface area contributed by atoms with Gasteiger partial charge in [0, 0.05) is 43.0 Å². The summed E-state index contributed by atoms with van der Waals surface area (Å²) in [7, 11) is 3.42. The number of hydrogen-bond donors (Lipinski definition) is 3. The molecule has 240 valence electrons. The number of phenolic OH excluding ortho intramolecular Hbond substituents is 1. The van der Waals surface area contributed by atoms with Gasteiger partial charge in [-0.25, -0.2) is 4.98 Å². The van der Waals surface area contributed by atoms with Gasteiger partial charge in [-0.3, -0.25) is 14.4 Å². The largest absolute Gasteiger partial charge is 0.504 e. The highest BCUT2D eigenvalue weighted by Gasteiger charge is 2.40. The summed E-state index contributed by atoms with van der Waals surface area (Å²) in [5.41, 5.74) is 4.26. The molecule has 6 bridgehead atoms. The number of benzene rings is 2. The van der Waals surface area contributed by atoms with Crippen LogP contribution in [0.2, 0.25) is 0 Å². The Morgan fingerprint density at radius 2 is 1.89 bits per heavy atom. The molecular formula is C34H37N5O7. The van der Waals surface area contributed by atoms with E-state index in [1.807, 2.05) is 31.5 Å². The van der Waals surface area contributed by atoms with E-state index < -0.39 is 12.1 Å². The molecule has 6 rings (SSSR count). The normalized spacial score (nSPS) is 18.2. The molecule has 3 amide bonds. The molecule has 0 aliphatic carbocycles. The number of carbonyl (C=O) groups is 3. The first-order valence-electron chi connectivity index (χ1n) is 15.2. The molecule has 12 nitrogen and oxygen atoms in total. The zero-order chi connectivity index (χ0) is 32.7. The Balaban J connectivity index is 1.31. The Morgan fingerprint density at radius 1 is 1.09 bits per heavy atom. The van der Waals surface area contributed by atoms with Crippen LogP contribution in [0.3, 0.4) is 0 Å². The van der Waals surface area contributed by atoms with Crippen LogP contribution in [-0.2, 0) is 29.6 Å². The number of carbonyl (C=O) groups excluding carboxylic acids is 3. The van der Waals surface area contributed by atoms with Crippen LogP contribution in [0, 0.1) is 20.8 Å². The second-order valence-electron chi connectivity index (χ2n) is 11.8. The van der Waals surface area contributed by atoms with E-state index in [-0.39, 0.29) is 55.2 Å². The standard InChI is InChI=1S/C34H37N5O7/c1-18-12-24(19(2)38(18)4)32(42)36-23-15-26-33(43)35-16-25-20(3)45-34(37-25)22-8-10-28(44-5)30(14-22)46-29-13-21(6-9-27(29)40)7-11-31(41)39(26)17-23/h6,8-10,12-14,23,26,40H,7,11,15-17H2,1-5H3,(H,35,43)(H,36,42)/t23-,26-/m0/s1. The van der Waals surface area contributed by atoms with Crippen molar-refractivity contribution in [2.24, 2.45) is 7.05 Å². The Hall–Kier alpha value is -5.26. The van der Waals surface area contributed by atoms with Crippen LogP contribution in [0.15, 0.2) is 46.9 Å². The lowest BCUT2D eigenvalue weighted by atomic mass is 10.1. The molecule has 0 radical (unpaired) electrons. The predicted molar refractivity (Wildman–Crippen MR) is 168 cm³/mol. The van der Waals surface area contributed by atoms with Crippen LogP contribution >= 0.6 is 0 Å². The SMILES string of the molecule is COc1ccc2cc1Oc1cc(ccc1O)CCC(=O)N1C[C@@H](NC(=O)c3cc(C)n(C)c3C)C[C@H]1C(=O)NCc1nc-2oc1C. The minimum Gasteiger partial charge on any atom is -0.504 e. The monoisotopic (exact) mass is 627 g/mol. The fraction of sp³-hybridized carbons (Fsp3) is 0.353. The van der Waals surface area contributed by atoms with E-state index in [0.717, 1.165) is 17.0 Å². The number of aromatic nitrogens is 2. The smallest absolute Gasteiger partial charge is 0.253 e. The van der Waals surface area contributed by atoms with Crippen LogP contribution in [0.4, 0.5) is 0 Å². The van der Waals surface area contributed by atoms with Gasteiger partial charge in [0.05, 0.1) is 19.2 Å². The molecule has 3 N–H and O–H groups in total. The predicted octanol–water partition coefficient (Wildman–Crippen LogP) is 4.07. The first kappa shape index (κ1) is 30.8. The van der Waals surface area contributed by atoms with Gasteiger partial charge in [0.15, 0.2) is 23.0 Å². The molecule has 0 spiro atoms. The fourth-order valence-corrected chi connectivity index (χ4v) is 6.02. The molecule has 2 aliphatic rings. The van der Waals surface area contributed by atoms with E-state index in [2.05, 4.69) is 15.6 Å². The highest BCUT2D eigenvalue weighted by molar-refractivity contribution is 5.96. The van der Waals surface area contributed by atoms with Gasteiger partial charge in [0.1, 0.15) is 17.5 Å². The topological polar surface area (TPSA) is 148 Å². The van der Waals surface area contributed by atoms with Gasteiger partial charge in [0.2, 0.25) is 17.7 Å². The van der Waals surface area contributed by atoms with E-state index in [1.54, 1.807) is 42.2 Å². The number of nitrogens with one attached hydrogen (secondary N) is 2. The van der Waals surface area contributed by atoms with Crippen molar-refractivity contribution in [2.45, 2.75) is 58.7 Å². The lowest BCUT2D eigenvalue weighted by Crippen LogP contribution is -2.46. The van der Waals surface area contributed by atoms with Gasteiger partial charge in [-0.15, -0.1) is 0 Å². The molecule has 1 saturated heterocycles. The third kappa shape index (κ3) is 5.90. The van der Waals surface area contributed by atoms with Crippen molar-refractivity contribution in [1.82, 2.24) is 25.1 Å². The molecule has 0 unspecified atom stereocenters. The second kappa shape index (κ2) is 12.3. The summed E-state index contributed by atoms with van der Waals surface area (Å²) < 4.78 is 19.5. The van der Waals surface area contributed by atoms with E-state index in [9.17, 15) is 19.5 Å². The number of rotatable bonds is 3. The summed E-state index contributed by atoms with van der Waals surface area (Å²) in [6, 6.07) is 10.7. The maximum atomic E-state index is 13.7. The highest BCUT2D eigenvalue weighted by Crippen LogP contribution is 2.39. The summed E-state index contributed by atoms with van der Waals surface area (Å²) in [6.07, 6.45) is 0.715. The van der Waals surface area contributed by atoms with Crippen molar-refractivity contribution < 1.29 is 33.4 Å².